The maximum Gasteiger partial charge on any atom is 0.225 e. The summed E-state index contributed by atoms with van der Waals surface area (Å²) in [4.78, 5) is 24.7. The Morgan fingerprint density at radius 1 is 0.935 bits per heavy atom. The molecule has 0 unspecified atom stereocenters. The van der Waals surface area contributed by atoms with E-state index in [1.54, 1.807) is 18.4 Å². The highest BCUT2D eigenvalue weighted by Gasteiger charge is 2.31. The predicted molar refractivity (Wildman–Crippen MR) is 126 cm³/mol. The SMILES string of the molecule is COc1ccccc1N1CCN(C(=O)C2CCN(c3nc4ccccc4s3)CC2)CC1. The van der Waals surface area contributed by atoms with Gasteiger partial charge >= 0.3 is 0 Å². The lowest BCUT2D eigenvalue weighted by atomic mass is 9.95. The number of rotatable bonds is 4. The lowest BCUT2D eigenvalue weighted by molar-refractivity contribution is -0.136. The maximum atomic E-state index is 13.2. The number of aromatic nitrogens is 1. The van der Waals surface area contributed by atoms with Gasteiger partial charge in [0.2, 0.25) is 5.91 Å². The number of thiazole rings is 1. The number of ether oxygens (including phenoxy) is 1. The van der Waals surface area contributed by atoms with Crippen LogP contribution < -0.4 is 14.5 Å². The van der Waals surface area contributed by atoms with E-state index in [9.17, 15) is 4.79 Å². The van der Waals surface area contributed by atoms with E-state index in [1.807, 2.05) is 24.3 Å². The van der Waals surface area contributed by atoms with Crippen molar-refractivity contribution in [3.63, 3.8) is 0 Å². The molecular formula is C24H28N4O2S. The second kappa shape index (κ2) is 8.75. The zero-order valence-electron chi connectivity index (χ0n) is 17.9. The van der Waals surface area contributed by atoms with E-state index < -0.39 is 0 Å². The number of anilines is 2. The Morgan fingerprint density at radius 3 is 2.39 bits per heavy atom. The third-order valence-corrected chi connectivity index (χ3v) is 7.51. The molecule has 2 fully saturated rings. The highest BCUT2D eigenvalue weighted by molar-refractivity contribution is 7.22. The van der Waals surface area contributed by atoms with Crippen molar-refractivity contribution in [2.24, 2.45) is 5.92 Å². The number of para-hydroxylation sites is 3. The summed E-state index contributed by atoms with van der Waals surface area (Å²) in [7, 11) is 1.71. The molecule has 162 valence electrons. The minimum Gasteiger partial charge on any atom is -0.495 e. The highest BCUT2D eigenvalue weighted by atomic mass is 32.1. The van der Waals surface area contributed by atoms with Crippen molar-refractivity contribution in [1.29, 1.82) is 0 Å². The number of hydrogen-bond acceptors (Lipinski definition) is 6. The van der Waals surface area contributed by atoms with Gasteiger partial charge in [-0.25, -0.2) is 4.98 Å². The van der Waals surface area contributed by atoms with Crippen LogP contribution in [0.1, 0.15) is 12.8 Å². The van der Waals surface area contributed by atoms with E-state index in [2.05, 4.69) is 39.0 Å². The van der Waals surface area contributed by atoms with Crippen LogP contribution in [0.3, 0.4) is 0 Å². The van der Waals surface area contributed by atoms with Gasteiger partial charge in [-0.15, -0.1) is 0 Å². The van der Waals surface area contributed by atoms with Crippen LogP contribution in [0.5, 0.6) is 5.75 Å². The van der Waals surface area contributed by atoms with Crippen molar-refractivity contribution in [2.75, 3.05) is 56.2 Å². The molecule has 2 aliphatic rings. The third kappa shape index (κ3) is 4.06. The fraction of sp³-hybridized carbons (Fsp3) is 0.417. The fourth-order valence-electron chi connectivity index (χ4n) is 4.63. The van der Waals surface area contributed by atoms with Crippen LogP contribution in [0.4, 0.5) is 10.8 Å². The molecule has 0 bridgehead atoms. The molecule has 0 saturated carbocycles. The van der Waals surface area contributed by atoms with Gasteiger partial charge < -0.3 is 19.4 Å². The van der Waals surface area contributed by atoms with Crippen LogP contribution in [-0.2, 0) is 4.79 Å². The number of amides is 1. The van der Waals surface area contributed by atoms with Crippen LogP contribution in [0.25, 0.3) is 10.2 Å². The number of piperidine rings is 1. The summed E-state index contributed by atoms with van der Waals surface area (Å²) < 4.78 is 6.73. The summed E-state index contributed by atoms with van der Waals surface area (Å²) in [6.45, 7) is 5.03. The number of carbonyl (C=O) groups excluding carboxylic acids is 1. The quantitative estimate of drug-likeness (QED) is 0.621. The minimum absolute atomic E-state index is 0.128. The Kier molecular flexibility index (Phi) is 5.68. The number of hydrogen-bond donors (Lipinski definition) is 0. The number of carbonyl (C=O) groups is 1. The molecule has 2 aliphatic heterocycles. The van der Waals surface area contributed by atoms with Crippen LogP contribution >= 0.6 is 11.3 Å². The van der Waals surface area contributed by atoms with E-state index in [1.165, 1.54) is 4.70 Å². The van der Waals surface area contributed by atoms with Crippen molar-refractivity contribution in [1.82, 2.24) is 9.88 Å². The number of fused-ring (bicyclic) bond motifs is 1. The average molecular weight is 437 g/mol. The number of benzene rings is 2. The molecule has 5 rings (SSSR count). The number of piperazine rings is 1. The predicted octanol–water partition coefficient (Wildman–Crippen LogP) is 3.87. The molecule has 6 nitrogen and oxygen atoms in total. The molecule has 3 heterocycles. The topological polar surface area (TPSA) is 48.9 Å². The number of methoxy groups -OCH3 is 1. The average Bonchev–Trinajstić information content (AvgIpc) is 3.28. The zero-order valence-corrected chi connectivity index (χ0v) is 18.7. The maximum absolute atomic E-state index is 13.2. The molecule has 3 aromatic rings. The molecule has 2 saturated heterocycles. The summed E-state index contributed by atoms with van der Waals surface area (Å²) >= 11 is 1.75. The largest absolute Gasteiger partial charge is 0.495 e. The number of nitrogens with zero attached hydrogens (tertiary/aromatic N) is 4. The highest BCUT2D eigenvalue weighted by Crippen LogP contribution is 2.32. The lowest BCUT2D eigenvalue weighted by Gasteiger charge is -2.39. The molecule has 0 atom stereocenters. The fourth-order valence-corrected chi connectivity index (χ4v) is 5.65. The van der Waals surface area contributed by atoms with Crippen LogP contribution in [-0.4, -0.2) is 62.2 Å². The summed E-state index contributed by atoms with van der Waals surface area (Å²) in [5, 5.41) is 1.08. The first-order valence-electron chi connectivity index (χ1n) is 11.0. The van der Waals surface area contributed by atoms with Gasteiger partial charge in [0.25, 0.3) is 0 Å². The van der Waals surface area contributed by atoms with Crippen LogP contribution in [0, 0.1) is 5.92 Å². The summed E-state index contributed by atoms with van der Waals surface area (Å²) in [5.74, 6) is 1.34. The summed E-state index contributed by atoms with van der Waals surface area (Å²) in [6.07, 6.45) is 1.81. The van der Waals surface area contributed by atoms with Gasteiger partial charge in [-0.3, -0.25) is 4.79 Å². The van der Waals surface area contributed by atoms with E-state index in [4.69, 9.17) is 9.72 Å². The smallest absolute Gasteiger partial charge is 0.225 e. The third-order valence-electron chi connectivity index (χ3n) is 6.41. The Labute approximate surface area is 187 Å². The van der Waals surface area contributed by atoms with Crippen molar-refractivity contribution in [2.45, 2.75) is 12.8 Å². The first kappa shape index (κ1) is 20.1. The van der Waals surface area contributed by atoms with Gasteiger partial charge in [0.15, 0.2) is 5.13 Å². The molecule has 1 amide bonds. The van der Waals surface area contributed by atoms with Crippen molar-refractivity contribution in [3.05, 3.63) is 48.5 Å². The van der Waals surface area contributed by atoms with Gasteiger partial charge in [0.05, 0.1) is 23.0 Å². The van der Waals surface area contributed by atoms with Gasteiger partial charge in [0, 0.05) is 45.2 Å². The van der Waals surface area contributed by atoms with E-state index in [0.717, 1.165) is 74.2 Å². The first-order valence-corrected chi connectivity index (χ1v) is 11.8. The molecule has 0 N–H and O–H groups in total. The molecule has 0 radical (unpaired) electrons. The van der Waals surface area contributed by atoms with Crippen LogP contribution in [0.15, 0.2) is 48.5 Å². The Balaban J connectivity index is 1.16. The van der Waals surface area contributed by atoms with E-state index in [-0.39, 0.29) is 5.92 Å². The molecular weight excluding hydrogens is 408 g/mol. The molecule has 0 aliphatic carbocycles. The van der Waals surface area contributed by atoms with Crippen molar-refractivity contribution < 1.29 is 9.53 Å². The first-order chi connectivity index (χ1) is 15.2. The second-order valence-electron chi connectivity index (χ2n) is 8.21. The van der Waals surface area contributed by atoms with Crippen LogP contribution in [0.2, 0.25) is 0 Å². The molecule has 1 aromatic heterocycles. The Bertz CT molecular complexity index is 1020. The molecule has 0 spiro atoms. The Morgan fingerprint density at radius 2 is 1.65 bits per heavy atom. The van der Waals surface area contributed by atoms with Crippen molar-refractivity contribution >= 4 is 38.3 Å². The summed E-state index contributed by atoms with van der Waals surface area (Å²) in [6, 6.07) is 16.4. The Hall–Kier alpha value is -2.80. The second-order valence-corrected chi connectivity index (χ2v) is 9.22. The van der Waals surface area contributed by atoms with E-state index >= 15 is 0 Å². The monoisotopic (exact) mass is 436 g/mol. The van der Waals surface area contributed by atoms with Gasteiger partial charge in [-0.05, 0) is 37.1 Å². The standard InChI is InChI=1S/C24H28N4O2S/c1-30-21-8-4-3-7-20(21)26-14-16-27(17-15-26)23(29)18-10-12-28(13-11-18)24-25-19-6-2-5-9-22(19)31-24/h2-9,18H,10-17H2,1H3. The van der Waals surface area contributed by atoms with Gasteiger partial charge in [-0.2, -0.15) is 0 Å². The lowest BCUT2D eigenvalue weighted by Crippen LogP contribution is -2.51. The normalized spacial score (nSPS) is 17.9. The van der Waals surface area contributed by atoms with E-state index in [0.29, 0.717) is 5.91 Å². The zero-order chi connectivity index (χ0) is 21.2. The van der Waals surface area contributed by atoms with Crippen molar-refractivity contribution in [3.8, 4) is 5.75 Å². The molecule has 31 heavy (non-hydrogen) atoms. The minimum atomic E-state index is 0.128. The van der Waals surface area contributed by atoms with Gasteiger partial charge in [-0.1, -0.05) is 35.6 Å². The molecule has 7 heteroatoms. The molecule has 2 aromatic carbocycles. The van der Waals surface area contributed by atoms with Gasteiger partial charge in [0.1, 0.15) is 5.75 Å². The summed E-state index contributed by atoms with van der Waals surface area (Å²) in [5.41, 5.74) is 2.18.